The van der Waals surface area contributed by atoms with E-state index in [0.29, 0.717) is 39.9 Å². The van der Waals surface area contributed by atoms with Crippen molar-refractivity contribution in [2.75, 3.05) is 16.0 Å². The first-order valence-electron chi connectivity index (χ1n) is 13.2. The largest absolute Gasteiger partial charge is 0.465 e. The number of aromatic nitrogens is 4. The number of nitrogens with one attached hydrogen (secondary N) is 3. The van der Waals surface area contributed by atoms with Gasteiger partial charge in [-0.05, 0) is 53.3 Å². The molecule has 4 N–H and O–H groups in total. The van der Waals surface area contributed by atoms with Gasteiger partial charge in [-0.15, -0.1) is 11.3 Å². The van der Waals surface area contributed by atoms with E-state index >= 15 is 0 Å². The molecule has 0 aliphatic heterocycles. The predicted molar refractivity (Wildman–Crippen MR) is 170 cm³/mol. The molecule has 0 bridgehead atoms. The first-order chi connectivity index (χ1) is 20.5. The number of carboxylic acid groups (broad SMARTS) is 1. The van der Waals surface area contributed by atoms with Gasteiger partial charge < -0.3 is 15.7 Å². The number of carbonyl (C=O) groups is 1. The second-order valence-corrected chi connectivity index (χ2v) is 13.5. The van der Waals surface area contributed by atoms with Crippen LogP contribution in [0.5, 0.6) is 0 Å². The molecule has 0 aliphatic carbocycles. The number of hydrogen-bond acceptors (Lipinski definition) is 9. The number of benzene rings is 2. The lowest BCUT2D eigenvalue weighted by atomic mass is 9.84. The van der Waals surface area contributed by atoms with Crippen LogP contribution in [0.1, 0.15) is 26.3 Å². The van der Waals surface area contributed by atoms with Crippen LogP contribution >= 0.6 is 11.3 Å². The van der Waals surface area contributed by atoms with Gasteiger partial charge in [0, 0.05) is 28.5 Å². The molecule has 11 nitrogen and oxygen atoms in total. The van der Waals surface area contributed by atoms with Gasteiger partial charge in [-0.25, -0.2) is 27.2 Å². The van der Waals surface area contributed by atoms with Gasteiger partial charge in [0.2, 0.25) is 5.95 Å². The lowest BCUT2D eigenvalue weighted by Gasteiger charge is -2.26. The lowest BCUT2D eigenvalue weighted by Crippen LogP contribution is -2.19. The molecule has 43 heavy (non-hydrogen) atoms. The molecule has 0 saturated carbocycles. The van der Waals surface area contributed by atoms with E-state index in [2.05, 4.69) is 25.9 Å². The van der Waals surface area contributed by atoms with Crippen LogP contribution in [0.4, 0.5) is 33.6 Å². The van der Waals surface area contributed by atoms with Crippen molar-refractivity contribution in [1.29, 1.82) is 0 Å². The number of rotatable bonds is 7. The first-order valence-corrected chi connectivity index (χ1v) is 15.5. The molecular formula is C30H27N7O4S2. The summed E-state index contributed by atoms with van der Waals surface area (Å²) in [5.41, 5.74) is 3.15. The molecule has 218 valence electrons. The molecule has 0 radical (unpaired) electrons. The molecule has 6 aromatic rings. The predicted octanol–water partition coefficient (Wildman–Crippen LogP) is 7.15. The third-order valence-electron chi connectivity index (χ3n) is 6.66. The lowest BCUT2D eigenvalue weighted by molar-refractivity contribution is 0.209. The average molecular weight is 614 g/mol. The van der Waals surface area contributed by atoms with Crippen molar-refractivity contribution in [1.82, 2.24) is 18.9 Å². The summed E-state index contributed by atoms with van der Waals surface area (Å²) in [6, 6.07) is 19.0. The van der Waals surface area contributed by atoms with E-state index in [1.807, 2.05) is 44.4 Å². The summed E-state index contributed by atoms with van der Waals surface area (Å²) in [5, 5.41) is 21.0. The molecule has 0 saturated heterocycles. The van der Waals surface area contributed by atoms with Gasteiger partial charge in [-0.3, -0.25) is 5.32 Å². The smallest absolute Gasteiger partial charge is 0.409 e. The van der Waals surface area contributed by atoms with Crippen LogP contribution in [0.2, 0.25) is 0 Å². The molecule has 0 spiro atoms. The zero-order chi connectivity index (χ0) is 30.4. The Balaban J connectivity index is 1.35. The van der Waals surface area contributed by atoms with E-state index in [-0.39, 0.29) is 4.90 Å². The topological polar surface area (TPSA) is 151 Å². The molecule has 0 unspecified atom stereocenters. The number of hydrogen-bond donors (Lipinski definition) is 4. The maximum absolute atomic E-state index is 13.2. The fraction of sp³-hybridized carbons (Fsp3) is 0.133. The minimum atomic E-state index is -3.81. The van der Waals surface area contributed by atoms with E-state index in [9.17, 15) is 18.3 Å². The average Bonchev–Trinajstić information content (AvgIpc) is 3.60. The Morgan fingerprint density at radius 1 is 0.953 bits per heavy atom. The van der Waals surface area contributed by atoms with Crippen molar-refractivity contribution in [2.45, 2.75) is 31.1 Å². The number of nitrogens with zero attached hydrogens (tertiary/aromatic N) is 4. The quantitative estimate of drug-likeness (QED) is 0.147. The molecule has 0 fully saturated rings. The van der Waals surface area contributed by atoms with Gasteiger partial charge in [0.1, 0.15) is 0 Å². The Morgan fingerprint density at radius 2 is 1.72 bits per heavy atom. The molecule has 1 amide bonds. The summed E-state index contributed by atoms with van der Waals surface area (Å²) in [5.74, 6) is 0.859. The summed E-state index contributed by atoms with van der Waals surface area (Å²) in [6.07, 6.45) is 1.91. The van der Waals surface area contributed by atoms with Crippen LogP contribution < -0.4 is 16.0 Å². The molecule has 4 heterocycles. The van der Waals surface area contributed by atoms with Gasteiger partial charge in [0.05, 0.1) is 27.0 Å². The third-order valence-corrected chi connectivity index (χ3v) is 9.25. The Kier molecular flexibility index (Phi) is 6.98. The highest BCUT2D eigenvalue weighted by Gasteiger charge is 2.24. The zero-order valence-electron chi connectivity index (χ0n) is 23.4. The summed E-state index contributed by atoms with van der Waals surface area (Å²) in [7, 11) is -3.81. The number of fused-ring (bicyclic) bond motifs is 2. The number of pyridine rings is 1. The molecule has 0 atom stereocenters. The summed E-state index contributed by atoms with van der Waals surface area (Å²) in [6.45, 7) is 5.99. The molecule has 0 aliphatic rings. The molecule has 6 rings (SSSR count). The minimum absolute atomic E-state index is 0.177. The highest BCUT2D eigenvalue weighted by molar-refractivity contribution is 7.90. The second-order valence-electron chi connectivity index (χ2n) is 10.8. The van der Waals surface area contributed by atoms with E-state index in [4.69, 9.17) is 4.98 Å². The van der Waals surface area contributed by atoms with Crippen molar-refractivity contribution < 1.29 is 18.3 Å². The fourth-order valence-corrected chi connectivity index (χ4v) is 7.02. The van der Waals surface area contributed by atoms with Crippen LogP contribution in [0.25, 0.3) is 21.3 Å². The summed E-state index contributed by atoms with van der Waals surface area (Å²) < 4.78 is 28.4. The van der Waals surface area contributed by atoms with Gasteiger partial charge in [0.15, 0.2) is 11.5 Å². The molecule has 13 heteroatoms. The highest BCUT2D eigenvalue weighted by Crippen LogP contribution is 2.38. The number of thiophene rings is 1. The molecular weight excluding hydrogens is 587 g/mol. The van der Waals surface area contributed by atoms with E-state index < -0.39 is 21.5 Å². The third kappa shape index (κ3) is 5.47. The van der Waals surface area contributed by atoms with E-state index in [1.165, 1.54) is 21.5 Å². The maximum atomic E-state index is 13.2. The Labute approximate surface area is 251 Å². The normalized spacial score (nSPS) is 12.0. The van der Waals surface area contributed by atoms with Gasteiger partial charge in [0.25, 0.3) is 10.0 Å². The van der Waals surface area contributed by atoms with Gasteiger partial charge in [-0.2, -0.15) is 4.98 Å². The number of amides is 1. The maximum Gasteiger partial charge on any atom is 0.409 e. The van der Waals surface area contributed by atoms with E-state index in [1.54, 1.807) is 54.7 Å². The van der Waals surface area contributed by atoms with Crippen LogP contribution in [0, 0.1) is 0 Å². The minimum Gasteiger partial charge on any atom is -0.465 e. The Hall–Kier alpha value is -5.01. The van der Waals surface area contributed by atoms with Crippen LogP contribution in [-0.2, 0) is 15.4 Å². The second kappa shape index (κ2) is 10.7. The molecule has 2 aromatic carbocycles. The zero-order valence-corrected chi connectivity index (χ0v) is 25.0. The first kappa shape index (κ1) is 28.1. The Bertz CT molecular complexity index is 2100. The molecule has 4 aromatic heterocycles. The standard InChI is InChI=1S/C30H27N7O4S2/c1-30(2,3)24-21(10-7-11-22(24)35-29(38)39)33-28-34-23-13-15-42-25(23)26(36-28)32-19-16-18-12-14-37(27(18)31-17-19)43(40,41)20-8-5-4-6-9-20/h4-17,35H,1-3H3,(H,38,39)(H2,32,33,34,36). The van der Waals surface area contributed by atoms with Crippen molar-refractivity contribution in [3.8, 4) is 0 Å². The monoisotopic (exact) mass is 613 g/mol. The summed E-state index contributed by atoms with van der Waals surface area (Å²) in [4.78, 5) is 25.5. The van der Waals surface area contributed by atoms with Crippen LogP contribution in [0.3, 0.4) is 0 Å². The van der Waals surface area contributed by atoms with Crippen molar-refractivity contribution >= 4 is 77.5 Å². The highest BCUT2D eigenvalue weighted by atomic mass is 32.2. The van der Waals surface area contributed by atoms with Crippen molar-refractivity contribution in [2.24, 2.45) is 0 Å². The van der Waals surface area contributed by atoms with Crippen molar-refractivity contribution in [3.63, 3.8) is 0 Å². The van der Waals surface area contributed by atoms with E-state index in [0.717, 1.165) is 15.8 Å². The number of anilines is 5. The van der Waals surface area contributed by atoms with Gasteiger partial charge >= 0.3 is 6.09 Å². The van der Waals surface area contributed by atoms with Crippen LogP contribution in [0.15, 0.2) is 89.4 Å². The fourth-order valence-electron chi connectivity index (χ4n) is 4.91. The SMILES string of the molecule is CC(C)(C)c1c(NC(=O)O)cccc1Nc1nc(Nc2cnc3c(ccn3S(=O)(=O)c3ccccc3)c2)c2sccc2n1. The van der Waals surface area contributed by atoms with Gasteiger partial charge in [-0.1, -0.05) is 45.0 Å². The Morgan fingerprint density at radius 3 is 2.47 bits per heavy atom. The summed E-state index contributed by atoms with van der Waals surface area (Å²) >= 11 is 1.48. The van der Waals surface area contributed by atoms with Crippen molar-refractivity contribution in [3.05, 3.63) is 90.1 Å². The van der Waals surface area contributed by atoms with Crippen LogP contribution in [-0.4, -0.2) is 38.5 Å².